The normalized spacial score (nSPS) is 39.9. The van der Waals surface area contributed by atoms with Gasteiger partial charge in [-0.1, -0.05) is 11.6 Å². The van der Waals surface area contributed by atoms with Crippen LogP contribution in [0.15, 0.2) is 12.3 Å². The number of nitrogens with one attached hydrogen (secondary N) is 1. The first-order chi connectivity index (χ1) is 11.5. The van der Waals surface area contributed by atoms with Crippen molar-refractivity contribution in [3.05, 3.63) is 28.5 Å². The van der Waals surface area contributed by atoms with E-state index < -0.39 is 5.60 Å². The topological polar surface area (TPSA) is 62.2 Å². The van der Waals surface area contributed by atoms with E-state index >= 15 is 0 Å². The Morgan fingerprint density at radius 2 is 1.96 bits per heavy atom. The van der Waals surface area contributed by atoms with Gasteiger partial charge in [0, 0.05) is 18.2 Å². The molecule has 128 valence electrons. The summed E-state index contributed by atoms with van der Waals surface area (Å²) < 4.78 is 0. The van der Waals surface area contributed by atoms with E-state index in [4.69, 9.17) is 11.6 Å². The minimum absolute atomic E-state index is 0.0699. The maximum Gasteiger partial charge on any atom is 0.254 e. The lowest BCUT2D eigenvalue weighted by Crippen LogP contribution is -2.61. The summed E-state index contributed by atoms with van der Waals surface area (Å²) in [6.07, 6.45) is 8.79. The molecule has 5 atom stereocenters. The number of rotatable bonds is 3. The Morgan fingerprint density at radius 1 is 1.25 bits per heavy atom. The van der Waals surface area contributed by atoms with Gasteiger partial charge in [0.1, 0.15) is 0 Å². The van der Waals surface area contributed by atoms with Gasteiger partial charge in [0.25, 0.3) is 5.91 Å². The second-order valence-corrected chi connectivity index (χ2v) is 8.93. The van der Waals surface area contributed by atoms with E-state index in [1.807, 2.05) is 0 Å². The van der Waals surface area contributed by atoms with Gasteiger partial charge in [-0.3, -0.25) is 9.78 Å². The molecule has 0 spiro atoms. The van der Waals surface area contributed by atoms with Crippen LogP contribution in [-0.2, 0) is 0 Å². The first kappa shape index (κ1) is 15.2. The second kappa shape index (κ2) is 5.18. The Kier molecular flexibility index (Phi) is 3.27. The van der Waals surface area contributed by atoms with Gasteiger partial charge in [0.05, 0.1) is 21.9 Å². The number of nitrogens with zero attached hydrogens (tertiary/aromatic N) is 1. The summed E-state index contributed by atoms with van der Waals surface area (Å²) >= 11 is 6.35. The fourth-order valence-electron chi connectivity index (χ4n) is 5.78. The highest BCUT2D eigenvalue weighted by Crippen LogP contribution is 2.55. The Balaban J connectivity index is 1.40. The van der Waals surface area contributed by atoms with Crippen LogP contribution in [0.1, 0.15) is 66.9 Å². The van der Waals surface area contributed by atoms with Crippen molar-refractivity contribution in [1.82, 2.24) is 10.3 Å². The third kappa shape index (κ3) is 2.38. The summed E-state index contributed by atoms with van der Waals surface area (Å²) in [5, 5.41) is 14.5. The predicted molar refractivity (Wildman–Crippen MR) is 91.0 cm³/mol. The average Bonchev–Trinajstić information content (AvgIpc) is 3.33. The van der Waals surface area contributed by atoms with Crippen molar-refractivity contribution >= 4 is 17.5 Å². The molecule has 0 saturated heterocycles. The van der Waals surface area contributed by atoms with Gasteiger partial charge in [-0.05, 0) is 68.8 Å². The molecular weight excluding hydrogens is 324 g/mol. The van der Waals surface area contributed by atoms with Gasteiger partial charge in [0.2, 0.25) is 0 Å². The van der Waals surface area contributed by atoms with Crippen LogP contribution in [0.3, 0.4) is 0 Å². The zero-order chi connectivity index (χ0) is 16.5. The van der Waals surface area contributed by atoms with Crippen molar-refractivity contribution in [2.45, 2.75) is 62.5 Å². The Labute approximate surface area is 147 Å². The zero-order valence-corrected chi connectivity index (χ0v) is 14.4. The Hall–Kier alpha value is -1.13. The molecule has 0 radical (unpaired) electrons. The molecule has 1 aromatic heterocycles. The van der Waals surface area contributed by atoms with Crippen molar-refractivity contribution in [2.75, 3.05) is 0 Å². The van der Waals surface area contributed by atoms with Crippen LogP contribution in [0, 0.1) is 17.8 Å². The highest BCUT2D eigenvalue weighted by Gasteiger charge is 2.55. The summed E-state index contributed by atoms with van der Waals surface area (Å²) in [6, 6.07) is 1.89. The van der Waals surface area contributed by atoms with Crippen molar-refractivity contribution < 1.29 is 9.90 Å². The first-order valence-corrected chi connectivity index (χ1v) is 9.58. The molecule has 24 heavy (non-hydrogen) atoms. The van der Waals surface area contributed by atoms with Crippen molar-refractivity contribution in [2.24, 2.45) is 17.8 Å². The molecule has 5 heteroatoms. The van der Waals surface area contributed by atoms with Gasteiger partial charge < -0.3 is 10.4 Å². The summed E-state index contributed by atoms with van der Waals surface area (Å²) in [4.78, 5) is 17.4. The minimum atomic E-state index is -0.469. The molecular formula is C19H23ClN2O2. The number of hydrogen-bond acceptors (Lipinski definition) is 3. The molecule has 1 heterocycles. The molecule has 5 aliphatic rings. The van der Waals surface area contributed by atoms with Crippen LogP contribution >= 0.6 is 11.6 Å². The average molecular weight is 347 g/mol. The van der Waals surface area contributed by atoms with E-state index in [2.05, 4.69) is 10.3 Å². The van der Waals surface area contributed by atoms with E-state index in [1.54, 1.807) is 12.3 Å². The number of pyridine rings is 1. The molecule has 2 N–H and O–H groups in total. The maximum atomic E-state index is 13.0. The number of aliphatic hydroxyl groups is 1. The number of aromatic nitrogens is 1. The summed E-state index contributed by atoms with van der Waals surface area (Å²) in [7, 11) is 0. The minimum Gasteiger partial charge on any atom is -0.390 e. The smallest absolute Gasteiger partial charge is 0.254 e. The van der Waals surface area contributed by atoms with Gasteiger partial charge in [-0.25, -0.2) is 0 Å². The molecule has 5 aliphatic carbocycles. The summed E-state index contributed by atoms with van der Waals surface area (Å²) in [6.45, 7) is 0. The van der Waals surface area contributed by atoms with Gasteiger partial charge in [-0.2, -0.15) is 0 Å². The van der Waals surface area contributed by atoms with Crippen LogP contribution in [0.25, 0.3) is 0 Å². The van der Waals surface area contributed by atoms with Crippen LogP contribution in [0.4, 0.5) is 0 Å². The lowest BCUT2D eigenvalue weighted by atomic mass is 9.52. The Morgan fingerprint density at radius 3 is 2.58 bits per heavy atom. The lowest BCUT2D eigenvalue weighted by molar-refractivity contribution is -0.136. The zero-order valence-electron chi connectivity index (χ0n) is 13.7. The van der Waals surface area contributed by atoms with Crippen LogP contribution in [-0.4, -0.2) is 27.6 Å². The molecule has 1 aromatic rings. The van der Waals surface area contributed by atoms with E-state index in [-0.39, 0.29) is 11.9 Å². The molecule has 0 aromatic carbocycles. The summed E-state index contributed by atoms with van der Waals surface area (Å²) in [5.41, 5.74) is 0.972. The monoisotopic (exact) mass is 346 g/mol. The molecule has 0 aliphatic heterocycles. The number of halogens is 1. The van der Waals surface area contributed by atoms with Gasteiger partial charge >= 0.3 is 0 Å². The summed E-state index contributed by atoms with van der Waals surface area (Å²) in [5.74, 6) is 1.78. The van der Waals surface area contributed by atoms with Crippen LogP contribution in [0.2, 0.25) is 5.02 Å². The maximum absolute atomic E-state index is 13.0. The largest absolute Gasteiger partial charge is 0.390 e. The fraction of sp³-hybridized carbons (Fsp3) is 0.684. The molecule has 5 saturated carbocycles. The molecule has 4 bridgehead atoms. The molecule has 5 fully saturated rings. The number of carbonyl (C=O) groups excluding carboxylic acids is 1. The molecule has 1 unspecified atom stereocenters. The van der Waals surface area contributed by atoms with E-state index in [1.165, 1.54) is 0 Å². The number of hydrogen-bond donors (Lipinski definition) is 2. The van der Waals surface area contributed by atoms with Crippen molar-refractivity contribution in [3.8, 4) is 0 Å². The van der Waals surface area contributed by atoms with E-state index in [0.717, 1.165) is 50.6 Å². The van der Waals surface area contributed by atoms with Gasteiger partial charge in [0.15, 0.2) is 0 Å². The third-order valence-electron chi connectivity index (χ3n) is 6.66. The predicted octanol–water partition coefficient (Wildman–Crippen LogP) is 3.28. The van der Waals surface area contributed by atoms with Crippen molar-refractivity contribution in [3.63, 3.8) is 0 Å². The van der Waals surface area contributed by atoms with E-state index in [9.17, 15) is 9.90 Å². The highest BCUT2D eigenvalue weighted by atomic mass is 35.5. The number of carbonyl (C=O) groups is 1. The second-order valence-electron chi connectivity index (χ2n) is 8.52. The molecule has 1 amide bonds. The quantitative estimate of drug-likeness (QED) is 0.882. The fourth-order valence-corrected chi connectivity index (χ4v) is 6.02. The lowest BCUT2D eigenvalue weighted by Gasteiger charge is -2.58. The van der Waals surface area contributed by atoms with Crippen molar-refractivity contribution in [1.29, 1.82) is 0 Å². The third-order valence-corrected chi connectivity index (χ3v) is 6.97. The first-order valence-electron chi connectivity index (χ1n) is 9.20. The number of amides is 1. The SMILES string of the molecule is O=C(N[C@@H]1[C@@H]2CC3C[C@H]1C[C@](O)(C3)C2)c1c(Cl)ccnc1C1CC1. The van der Waals surface area contributed by atoms with E-state index in [0.29, 0.717) is 34.3 Å². The van der Waals surface area contributed by atoms with Crippen LogP contribution < -0.4 is 5.32 Å². The molecule has 6 rings (SSSR count). The standard InChI is InChI=1S/C19H23ClN2O2/c20-14-3-4-21-17(11-1-2-11)15(14)18(23)22-16-12-5-10-6-13(16)9-19(24,7-10)8-12/h3-4,10-13,16,24H,1-2,5-9H2,(H,22,23)/t10?,12-,13+,16-,19+. The Bertz CT molecular complexity index is 687. The molecule has 4 nitrogen and oxygen atoms in total. The van der Waals surface area contributed by atoms with Gasteiger partial charge in [-0.15, -0.1) is 0 Å². The van der Waals surface area contributed by atoms with Crippen LogP contribution in [0.5, 0.6) is 0 Å². The highest BCUT2D eigenvalue weighted by molar-refractivity contribution is 6.34.